The second-order valence-electron chi connectivity index (χ2n) is 4.35. The lowest BCUT2D eigenvalue weighted by Crippen LogP contribution is -2.03. The minimum absolute atomic E-state index is 0.129. The number of rotatable bonds is 4. The van der Waals surface area contributed by atoms with Gasteiger partial charge in [-0.25, -0.2) is 0 Å². The molecule has 4 N–H and O–H groups in total. The summed E-state index contributed by atoms with van der Waals surface area (Å²) in [5, 5.41) is 37.5. The summed E-state index contributed by atoms with van der Waals surface area (Å²) in [4.78, 5) is 15.7. The van der Waals surface area contributed by atoms with E-state index in [0.717, 1.165) is 6.07 Å². The first kappa shape index (κ1) is 14.4. The summed E-state index contributed by atoms with van der Waals surface area (Å²) >= 11 is 0. The van der Waals surface area contributed by atoms with Crippen LogP contribution in [-0.2, 0) is 0 Å². The van der Waals surface area contributed by atoms with Crippen molar-refractivity contribution in [1.82, 2.24) is 0 Å². The van der Waals surface area contributed by atoms with Crippen molar-refractivity contribution in [2.45, 2.75) is 0 Å². The van der Waals surface area contributed by atoms with Crippen LogP contribution in [0.2, 0.25) is 0 Å². The molecule has 0 spiro atoms. The number of para-hydroxylation sites is 1. The summed E-state index contributed by atoms with van der Waals surface area (Å²) in [6.45, 7) is -0.224. The van der Waals surface area contributed by atoms with Crippen molar-refractivity contribution < 1.29 is 25.2 Å². The molecular formula is C15H13NO5. The fraction of sp³-hybridized carbons (Fsp3) is 0.0667. The van der Waals surface area contributed by atoms with Crippen LogP contribution in [0.5, 0.6) is 23.0 Å². The van der Waals surface area contributed by atoms with Crippen LogP contribution in [0, 0.1) is 0 Å². The van der Waals surface area contributed by atoms with Crippen LogP contribution in [0.1, 0.15) is 15.9 Å². The number of carbonyl (C=O) groups excluding carboxylic acids is 1. The average Bonchev–Trinajstić information content (AvgIpc) is 2.42. The molecule has 0 saturated carbocycles. The molecule has 0 aliphatic rings. The van der Waals surface area contributed by atoms with Gasteiger partial charge in [-0.05, 0) is 24.3 Å². The highest BCUT2D eigenvalue weighted by molar-refractivity contribution is 5.99. The maximum absolute atomic E-state index is 11.8. The SMILES string of the molecule is O=C(CN=Cc1cccc(O)c1O)c1cc(O)cc(O)c1. The van der Waals surface area contributed by atoms with Gasteiger partial charge in [-0.3, -0.25) is 9.79 Å². The molecule has 0 fully saturated rings. The van der Waals surface area contributed by atoms with Gasteiger partial charge in [0.15, 0.2) is 17.3 Å². The van der Waals surface area contributed by atoms with Crippen molar-refractivity contribution in [1.29, 1.82) is 0 Å². The zero-order valence-electron chi connectivity index (χ0n) is 10.9. The lowest BCUT2D eigenvalue weighted by Gasteiger charge is -2.02. The van der Waals surface area contributed by atoms with E-state index >= 15 is 0 Å². The van der Waals surface area contributed by atoms with E-state index in [1.165, 1.54) is 36.5 Å². The molecule has 2 aromatic rings. The van der Waals surface area contributed by atoms with Crippen molar-refractivity contribution >= 4 is 12.0 Å². The quantitative estimate of drug-likeness (QED) is 0.389. The molecule has 0 bridgehead atoms. The summed E-state index contributed by atoms with van der Waals surface area (Å²) in [7, 11) is 0. The van der Waals surface area contributed by atoms with Gasteiger partial charge in [0.25, 0.3) is 0 Å². The number of Topliss-reactive ketones (excluding diaryl/α,β-unsaturated/α-hetero) is 1. The van der Waals surface area contributed by atoms with E-state index in [4.69, 9.17) is 0 Å². The Morgan fingerprint density at radius 3 is 2.38 bits per heavy atom. The molecule has 2 rings (SSSR count). The molecule has 108 valence electrons. The number of hydrogen-bond donors (Lipinski definition) is 4. The standard InChI is InChI=1S/C15H13NO5/c17-11-4-10(5-12(18)6-11)14(20)8-16-7-9-2-1-3-13(19)15(9)21/h1-7,17-19,21H,8H2. The van der Waals surface area contributed by atoms with E-state index in [2.05, 4.69) is 4.99 Å². The molecule has 0 radical (unpaired) electrons. The molecule has 2 aromatic carbocycles. The first-order valence-corrected chi connectivity index (χ1v) is 6.04. The molecule has 0 amide bonds. The lowest BCUT2D eigenvalue weighted by molar-refractivity contribution is 0.100. The van der Waals surface area contributed by atoms with Gasteiger partial charge in [-0.2, -0.15) is 0 Å². The molecule has 6 nitrogen and oxygen atoms in total. The molecule has 0 heterocycles. The number of benzene rings is 2. The Hall–Kier alpha value is -3.02. The third-order valence-electron chi connectivity index (χ3n) is 2.74. The number of aliphatic imine (C=N–C) groups is 1. The maximum atomic E-state index is 11.8. The highest BCUT2D eigenvalue weighted by Gasteiger charge is 2.08. The monoisotopic (exact) mass is 287 g/mol. The topological polar surface area (TPSA) is 110 Å². The Kier molecular flexibility index (Phi) is 4.08. The Balaban J connectivity index is 2.10. The van der Waals surface area contributed by atoms with Crippen molar-refractivity contribution in [3.63, 3.8) is 0 Å². The molecule has 0 aliphatic carbocycles. The smallest absolute Gasteiger partial charge is 0.184 e. The summed E-state index contributed by atoms with van der Waals surface area (Å²) in [5.74, 6) is -1.43. The number of phenols is 4. The van der Waals surface area contributed by atoms with E-state index in [0.29, 0.717) is 0 Å². The van der Waals surface area contributed by atoms with Gasteiger partial charge in [-0.1, -0.05) is 6.07 Å². The first-order valence-electron chi connectivity index (χ1n) is 6.04. The van der Waals surface area contributed by atoms with Gasteiger partial charge < -0.3 is 20.4 Å². The van der Waals surface area contributed by atoms with Crippen molar-refractivity contribution in [3.8, 4) is 23.0 Å². The number of ketones is 1. The van der Waals surface area contributed by atoms with Gasteiger partial charge >= 0.3 is 0 Å². The van der Waals surface area contributed by atoms with Crippen LogP contribution in [-0.4, -0.2) is 39.0 Å². The molecule has 0 unspecified atom stereocenters. The molecule has 6 heteroatoms. The van der Waals surface area contributed by atoms with E-state index in [-0.39, 0.29) is 40.7 Å². The predicted molar refractivity (Wildman–Crippen MR) is 76.3 cm³/mol. The second kappa shape index (κ2) is 5.96. The van der Waals surface area contributed by atoms with Crippen LogP contribution in [0.3, 0.4) is 0 Å². The predicted octanol–water partition coefficient (Wildman–Crippen LogP) is 1.81. The number of carbonyl (C=O) groups is 1. The fourth-order valence-corrected chi connectivity index (χ4v) is 1.73. The van der Waals surface area contributed by atoms with Gasteiger partial charge in [0, 0.05) is 23.4 Å². The molecular weight excluding hydrogens is 274 g/mol. The largest absolute Gasteiger partial charge is 0.508 e. The minimum atomic E-state index is -0.405. The Labute approximate surface area is 120 Å². The molecule has 0 aliphatic heterocycles. The molecule has 21 heavy (non-hydrogen) atoms. The van der Waals surface area contributed by atoms with E-state index in [9.17, 15) is 25.2 Å². The fourth-order valence-electron chi connectivity index (χ4n) is 1.73. The van der Waals surface area contributed by atoms with E-state index in [1.54, 1.807) is 0 Å². The number of nitrogens with zero attached hydrogens (tertiary/aromatic N) is 1. The average molecular weight is 287 g/mol. The van der Waals surface area contributed by atoms with Crippen LogP contribution < -0.4 is 0 Å². The van der Waals surface area contributed by atoms with E-state index < -0.39 is 5.78 Å². The summed E-state index contributed by atoms with van der Waals surface area (Å²) in [6.07, 6.45) is 1.26. The first-order chi connectivity index (χ1) is 9.97. The molecule has 0 aromatic heterocycles. The van der Waals surface area contributed by atoms with Crippen molar-refractivity contribution in [2.24, 2.45) is 4.99 Å². The Bertz CT molecular complexity index is 689. The third kappa shape index (κ3) is 3.50. The second-order valence-corrected chi connectivity index (χ2v) is 4.35. The van der Waals surface area contributed by atoms with Crippen LogP contribution >= 0.6 is 0 Å². The summed E-state index contributed by atoms with van der Waals surface area (Å²) in [6, 6.07) is 7.96. The number of phenolic OH excluding ortho intramolecular Hbond substituents is 4. The van der Waals surface area contributed by atoms with Crippen LogP contribution in [0.25, 0.3) is 0 Å². The molecule has 0 atom stereocenters. The number of hydrogen-bond acceptors (Lipinski definition) is 6. The molecule has 0 saturated heterocycles. The summed E-state index contributed by atoms with van der Waals surface area (Å²) < 4.78 is 0. The van der Waals surface area contributed by atoms with Crippen LogP contribution in [0.4, 0.5) is 0 Å². The minimum Gasteiger partial charge on any atom is -0.508 e. The van der Waals surface area contributed by atoms with Crippen LogP contribution in [0.15, 0.2) is 41.4 Å². The maximum Gasteiger partial charge on any atom is 0.184 e. The number of aromatic hydroxyl groups is 4. The Morgan fingerprint density at radius 2 is 1.71 bits per heavy atom. The van der Waals surface area contributed by atoms with Gasteiger partial charge in [-0.15, -0.1) is 0 Å². The van der Waals surface area contributed by atoms with Gasteiger partial charge in [0.1, 0.15) is 18.0 Å². The highest BCUT2D eigenvalue weighted by atomic mass is 16.3. The van der Waals surface area contributed by atoms with Crippen molar-refractivity contribution in [3.05, 3.63) is 47.5 Å². The lowest BCUT2D eigenvalue weighted by atomic mass is 10.1. The third-order valence-corrected chi connectivity index (χ3v) is 2.74. The van der Waals surface area contributed by atoms with Gasteiger partial charge in [0.2, 0.25) is 0 Å². The van der Waals surface area contributed by atoms with Gasteiger partial charge in [0.05, 0.1) is 0 Å². The normalized spacial score (nSPS) is 10.9. The summed E-state index contributed by atoms with van der Waals surface area (Å²) in [5.41, 5.74) is 0.409. The van der Waals surface area contributed by atoms with E-state index in [1.807, 2.05) is 0 Å². The highest BCUT2D eigenvalue weighted by Crippen LogP contribution is 2.26. The Morgan fingerprint density at radius 1 is 1.05 bits per heavy atom. The van der Waals surface area contributed by atoms with Crippen molar-refractivity contribution in [2.75, 3.05) is 6.54 Å². The zero-order valence-corrected chi connectivity index (χ0v) is 10.9. The zero-order chi connectivity index (χ0) is 15.4.